The summed E-state index contributed by atoms with van der Waals surface area (Å²) in [6, 6.07) is 0. The molecule has 0 aromatic rings. The maximum atomic E-state index is 11.5. The normalized spacial score (nSPS) is 17.0. The molecule has 1 rings (SSSR count). The van der Waals surface area contributed by atoms with E-state index in [1.807, 2.05) is 6.08 Å². The lowest BCUT2D eigenvalue weighted by Gasteiger charge is -2.30. The van der Waals surface area contributed by atoms with E-state index in [1.165, 1.54) is 0 Å². The highest BCUT2D eigenvalue weighted by Gasteiger charge is 2.44. The number of amides is 2. The van der Waals surface area contributed by atoms with E-state index in [2.05, 4.69) is 0 Å². The van der Waals surface area contributed by atoms with Crippen molar-refractivity contribution in [3.63, 3.8) is 0 Å². The van der Waals surface area contributed by atoms with Crippen LogP contribution in [0.1, 0.15) is 39.0 Å². The molecule has 0 heterocycles. The molecule has 0 fully saturated rings. The van der Waals surface area contributed by atoms with Crippen LogP contribution in [0.3, 0.4) is 0 Å². The number of allylic oxidation sites excluding steroid dienone is 1. The van der Waals surface area contributed by atoms with Crippen LogP contribution in [-0.2, 0) is 9.59 Å². The lowest BCUT2D eigenvalue weighted by molar-refractivity contribution is -0.137. The van der Waals surface area contributed by atoms with E-state index in [0.717, 1.165) is 31.3 Å². The summed E-state index contributed by atoms with van der Waals surface area (Å²) in [7, 11) is 0. The molecule has 84 valence electrons. The number of hydrogen-bond donors (Lipinski definition) is 2. The van der Waals surface area contributed by atoms with Crippen molar-refractivity contribution in [3.8, 4) is 0 Å². The van der Waals surface area contributed by atoms with Crippen molar-refractivity contribution in [2.75, 3.05) is 0 Å². The van der Waals surface area contributed by atoms with E-state index in [-0.39, 0.29) is 0 Å². The molecule has 0 bridgehead atoms. The first-order chi connectivity index (χ1) is 7.05. The molecule has 0 saturated carbocycles. The minimum Gasteiger partial charge on any atom is -0.368 e. The molecule has 0 unspecified atom stereocenters. The third kappa shape index (κ3) is 1.89. The van der Waals surface area contributed by atoms with Gasteiger partial charge in [0, 0.05) is 0 Å². The first-order valence-corrected chi connectivity index (χ1v) is 5.35. The zero-order valence-electron chi connectivity index (χ0n) is 9.08. The number of rotatable bonds is 4. The Morgan fingerprint density at radius 2 is 1.93 bits per heavy atom. The Balaban J connectivity index is 3.14. The summed E-state index contributed by atoms with van der Waals surface area (Å²) in [4.78, 5) is 22.9. The van der Waals surface area contributed by atoms with Crippen LogP contribution in [0, 0.1) is 5.41 Å². The average molecular weight is 210 g/mol. The molecule has 1 aliphatic carbocycles. The van der Waals surface area contributed by atoms with Crippen LogP contribution in [0.25, 0.3) is 0 Å². The zero-order chi connectivity index (χ0) is 11.5. The summed E-state index contributed by atoms with van der Waals surface area (Å²) < 4.78 is 0. The van der Waals surface area contributed by atoms with Gasteiger partial charge in [-0.05, 0) is 37.7 Å². The topological polar surface area (TPSA) is 86.2 Å². The van der Waals surface area contributed by atoms with Gasteiger partial charge in [-0.2, -0.15) is 0 Å². The Hall–Kier alpha value is -1.32. The second kappa shape index (κ2) is 4.47. The Morgan fingerprint density at radius 1 is 1.33 bits per heavy atom. The Labute approximate surface area is 89.7 Å². The summed E-state index contributed by atoms with van der Waals surface area (Å²) in [5.74, 6) is -1.24. The molecule has 0 spiro atoms. The third-order valence-electron chi connectivity index (χ3n) is 3.21. The summed E-state index contributed by atoms with van der Waals surface area (Å²) in [5.41, 5.74) is 10.2. The van der Waals surface area contributed by atoms with E-state index >= 15 is 0 Å². The summed E-state index contributed by atoms with van der Waals surface area (Å²) in [5, 5.41) is 0. The SMILES string of the molecule is CCC(C(N)=O)(C(N)=O)C1=CCCCC1. The predicted octanol–water partition coefficient (Wildman–Crippen LogP) is 0.854. The molecule has 0 aliphatic heterocycles. The Kier molecular flexibility index (Phi) is 3.50. The number of primary amides is 2. The molecule has 4 N–H and O–H groups in total. The van der Waals surface area contributed by atoms with Crippen molar-refractivity contribution in [1.82, 2.24) is 0 Å². The molecule has 15 heavy (non-hydrogen) atoms. The third-order valence-corrected chi connectivity index (χ3v) is 3.21. The fourth-order valence-corrected chi connectivity index (χ4v) is 2.24. The van der Waals surface area contributed by atoms with Gasteiger partial charge in [-0.15, -0.1) is 0 Å². The molecular formula is C11H18N2O2. The minimum absolute atomic E-state index is 0.351. The molecule has 1 aliphatic rings. The highest BCUT2D eigenvalue weighted by molar-refractivity contribution is 6.06. The largest absolute Gasteiger partial charge is 0.368 e. The molecule has 4 nitrogen and oxygen atoms in total. The molecule has 0 atom stereocenters. The molecular weight excluding hydrogens is 192 g/mol. The minimum atomic E-state index is -1.25. The van der Waals surface area contributed by atoms with Gasteiger partial charge in [-0.1, -0.05) is 13.0 Å². The van der Waals surface area contributed by atoms with Crippen molar-refractivity contribution in [3.05, 3.63) is 11.6 Å². The number of carbonyl (C=O) groups excluding carboxylic acids is 2. The van der Waals surface area contributed by atoms with Crippen molar-refractivity contribution in [1.29, 1.82) is 0 Å². The maximum Gasteiger partial charge on any atom is 0.237 e. The molecule has 0 saturated heterocycles. The van der Waals surface area contributed by atoms with Gasteiger partial charge in [0.25, 0.3) is 0 Å². The lowest BCUT2D eigenvalue weighted by Crippen LogP contribution is -2.49. The van der Waals surface area contributed by atoms with Gasteiger partial charge in [0.15, 0.2) is 0 Å². The predicted molar refractivity (Wildman–Crippen MR) is 57.7 cm³/mol. The van der Waals surface area contributed by atoms with Crippen LogP contribution >= 0.6 is 0 Å². The second-order valence-electron chi connectivity index (χ2n) is 3.96. The first-order valence-electron chi connectivity index (χ1n) is 5.35. The standard InChI is InChI=1S/C11H18N2O2/c1-2-11(9(12)14,10(13)15)8-6-4-3-5-7-8/h6H,2-5,7H2,1H3,(H2,12,14)(H2,13,15). The van der Waals surface area contributed by atoms with Gasteiger partial charge in [-0.25, -0.2) is 0 Å². The number of hydrogen-bond acceptors (Lipinski definition) is 2. The summed E-state index contributed by atoms with van der Waals surface area (Å²) >= 11 is 0. The van der Waals surface area contributed by atoms with Crippen LogP contribution in [0.2, 0.25) is 0 Å². The monoisotopic (exact) mass is 210 g/mol. The van der Waals surface area contributed by atoms with Crippen molar-refractivity contribution >= 4 is 11.8 Å². The molecule has 0 aromatic carbocycles. The van der Waals surface area contributed by atoms with Crippen LogP contribution in [0.15, 0.2) is 11.6 Å². The van der Waals surface area contributed by atoms with Crippen molar-refractivity contribution in [2.45, 2.75) is 39.0 Å². The number of carbonyl (C=O) groups is 2. The van der Waals surface area contributed by atoms with E-state index < -0.39 is 17.2 Å². The summed E-state index contributed by atoms with van der Waals surface area (Å²) in [6.07, 6.45) is 6.04. The zero-order valence-corrected chi connectivity index (χ0v) is 9.08. The van der Waals surface area contributed by atoms with Crippen molar-refractivity contribution in [2.24, 2.45) is 16.9 Å². The molecule has 0 radical (unpaired) electrons. The Morgan fingerprint density at radius 3 is 2.27 bits per heavy atom. The van der Waals surface area contributed by atoms with Crippen LogP contribution in [0.5, 0.6) is 0 Å². The second-order valence-corrected chi connectivity index (χ2v) is 3.96. The van der Waals surface area contributed by atoms with E-state index in [9.17, 15) is 9.59 Å². The quantitative estimate of drug-likeness (QED) is 0.532. The highest BCUT2D eigenvalue weighted by atomic mass is 16.2. The first kappa shape index (κ1) is 11.8. The Bertz CT molecular complexity index is 294. The molecule has 2 amide bonds. The van der Waals surface area contributed by atoms with E-state index in [4.69, 9.17) is 11.5 Å². The maximum absolute atomic E-state index is 11.5. The number of nitrogens with two attached hydrogens (primary N) is 2. The van der Waals surface area contributed by atoms with Gasteiger partial charge in [0.05, 0.1) is 0 Å². The summed E-state index contributed by atoms with van der Waals surface area (Å²) in [6.45, 7) is 1.77. The van der Waals surface area contributed by atoms with E-state index in [0.29, 0.717) is 6.42 Å². The van der Waals surface area contributed by atoms with Crippen LogP contribution in [0.4, 0.5) is 0 Å². The smallest absolute Gasteiger partial charge is 0.237 e. The molecule has 4 heteroatoms. The van der Waals surface area contributed by atoms with E-state index in [1.54, 1.807) is 6.92 Å². The molecule has 0 aromatic heterocycles. The van der Waals surface area contributed by atoms with Crippen LogP contribution < -0.4 is 11.5 Å². The van der Waals surface area contributed by atoms with Gasteiger partial charge < -0.3 is 11.5 Å². The average Bonchev–Trinajstić information content (AvgIpc) is 2.20. The van der Waals surface area contributed by atoms with Gasteiger partial charge >= 0.3 is 0 Å². The van der Waals surface area contributed by atoms with Gasteiger partial charge in [-0.3, -0.25) is 9.59 Å². The van der Waals surface area contributed by atoms with Gasteiger partial charge in [0.1, 0.15) is 5.41 Å². The van der Waals surface area contributed by atoms with Crippen molar-refractivity contribution < 1.29 is 9.59 Å². The van der Waals surface area contributed by atoms with Crippen LogP contribution in [-0.4, -0.2) is 11.8 Å². The fourth-order valence-electron chi connectivity index (χ4n) is 2.24. The fraction of sp³-hybridized carbons (Fsp3) is 0.636. The van der Waals surface area contributed by atoms with Gasteiger partial charge in [0.2, 0.25) is 11.8 Å². The highest BCUT2D eigenvalue weighted by Crippen LogP contribution is 2.36. The lowest BCUT2D eigenvalue weighted by atomic mass is 9.72.